The first-order valence-electron chi connectivity index (χ1n) is 6.43. The van der Waals surface area contributed by atoms with Crippen molar-refractivity contribution < 1.29 is 13.5 Å². The van der Waals surface area contributed by atoms with Crippen molar-refractivity contribution in [2.75, 3.05) is 14.2 Å². The zero-order chi connectivity index (χ0) is 15.6. The summed E-state index contributed by atoms with van der Waals surface area (Å²) in [6.07, 6.45) is 0. The number of ether oxygens (including phenoxy) is 1. The van der Waals surface area contributed by atoms with Crippen LogP contribution < -0.4 is 10.1 Å². The maximum Gasteiger partial charge on any atom is 0.134 e. The van der Waals surface area contributed by atoms with E-state index in [-0.39, 0.29) is 11.3 Å². The molecule has 0 aliphatic rings. The summed E-state index contributed by atoms with van der Waals surface area (Å²) in [5, 5.41) is 3.46. The molecular formula is C16H16ClF2NO. The summed E-state index contributed by atoms with van der Waals surface area (Å²) in [5.41, 5.74) is 1.57. The minimum absolute atomic E-state index is 0.0556. The highest BCUT2D eigenvalue weighted by Crippen LogP contribution is 2.31. The van der Waals surface area contributed by atoms with Gasteiger partial charge in [-0.15, -0.1) is 0 Å². The van der Waals surface area contributed by atoms with Gasteiger partial charge in [0, 0.05) is 22.7 Å². The SMILES string of the molecule is CNC(c1cc(C)cc(Cl)c1)c1c(F)cc(OC)cc1F. The van der Waals surface area contributed by atoms with Crippen LogP contribution >= 0.6 is 11.6 Å². The molecule has 5 heteroatoms. The highest BCUT2D eigenvalue weighted by molar-refractivity contribution is 6.30. The van der Waals surface area contributed by atoms with Crippen molar-refractivity contribution in [1.29, 1.82) is 0 Å². The Kier molecular flexibility index (Phi) is 4.80. The average molecular weight is 312 g/mol. The van der Waals surface area contributed by atoms with Gasteiger partial charge >= 0.3 is 0 Å². The van der Waals surface area contributed by atoms with Crippen molar-refractivity contribution >= 4 is 11.6 Å². The number of benzene rings is 2. The van der Waals surface area contributed by atoms with Crippen molar-refractivity contribution in [3.63, 3.8) is 0 Å². The first kappa shape index (κ1) is 15.7. The van der Waals surface area contributed by atoms with Crippen molar-refractivity contribution in [2.45, 2.75) is 13.0 Å². The third kappa shape index (κ3) is 3.34. The third-order valence-corrected chi connectivity index (χ3v) is 3.48. The zero-order valence-corrected chi connectivity index (χ0v) is 12.8. The number of methoxy groups -OCH3 is 1. The minimum Gasteiger partial charge on any atom is -0.497 e. The summed E-state index contributed by atoms with van der Waals surface area (Å²) in [4.78, 5) is 0. The predicted molar refractivity (Wildman–Crippen MR) is 80.0 cm³/mol. The van der Waals surface area contributed by atoms with E-state index in [1.807, 2.05) is 13.0 Å². The fraction of sp³-hybridized carbons (Fsp3) is 0.250. The van der Waals surface area contributed by atoms with E-state index in [0.717, 1.165) is 5.56 Å². The summed E-state index contributed by atoms with van der Waals surface area (Å²) < 4.78 is 33.3. The molecule has 0 fully saturated rings. The molecule has 2 aromatic carbocycles. The highest BCUT2D eigenvalue weighted by atomic mass is 35.5. The van der Waals surface area contributed by atoms with E-state index in [4.69, 9.17) is 16.3 Å². The molecule has 1 N–H and O–H groups in total. The van der Waals surface area contributed by atoms with Crippen LogP contribution in [0, 0.1) is 18.6 Å². The third-order valence-electron chi connectivity index (χ3n) is 3.26. The van der Waals surface area contributed by atoms with Crippen molar-refractivity contribution in [3.8, 4) is 5.75 Å². The lowest BCUT2D eigenvalue weighted by atomic mass is 9.96. The van der Waals surface area contributed by atoms with E-state index in [1.54, 1.807) is 19.2 Å². The van der Waals surface area contributed by atoms with Gasteiger partial charge in [0.1, 0.15) is 17.4 Å². The van der Waals surface area contributed by atoms with Crippen molar-refractivity contribution in [3.05, 3.63) is 63.7 Å². The molecule has 2 rings (SSSR count). The maximum absolute atomic E-state index is 14.2. The van der Waals surface area contributed by atoms with Crippen LogP contribution in [0.5, 0.6) is 5.75 Å². The molecule has 0 saturated heterocycles. The number of hydrogen-bond acceptors (Lipinski definition) is 2. The summed E-state index contributed by atoms with van der Waals surface area (Å²) in [6, 6.07) is 7.03. The Bertz CT molecular complexity index is 617. The van der Waals surface area contributed by atoms with E-state index < -0.39 is 17.7 Å². The molecule has 0 aromatic heterocycles. The Morgan fingerprint density at radius 1 is 1.10 bits per heavy atom. The van der Waals surface area contributed by atoms with Gasteiger partial charge in [-0.05, 0) is 37.2 Å². The van der Waals surface area contributed by atoms with Gasteiger partial charge in [0.25, 0.3) is 0 Å². The quantitative estimate of drug-likeness (QED) is 0.911. The second-order valence-corrected chi connectivity index (χ2v) is 5.22. The summed E-state index contributed by atoms with van der Waals surface area (Å²) >= 11 is 6.03. The van der Waals surface area contributed by atoms with E-state index >= 15 is 0 Å². The van der Waals surface area contributed by atoms with Gasteiger partial charge in [0.2, 0.25) is 0 Å². The van der Waals surface area contributed by atoms with Gasteiger partial charge in [-0.1, -0.05) is 17.7 Å². The first-order valence-corrected chi connectivity index (χ1v) is 6.81. The summed E-state index contributed by atoms with van der Waals surface area (Å²) in [5.74, 6) is -1.18. The van der Waals surface area contributed by atoms with Gasteiger partial charge < -0.3 is 10.1 Å². The van der Waals surface area contributed by atoms with Crippen LogP contribution in [0.25, 0.3) is 0 Å². The molecule has 0 amide bonds. The van der Waals surface area contributed by atoms with Crippen LogP contribution in [0.4, 0.5) is 8.78 Å². The number of hydrogen-bond donors (Lipinski definition) is 1. The molecule has 0 aliphatic carbocycles. The van der Waals surface area contributed by atoms with Gasteiger partial charge in [-0.3, -0.25) is 0 Å². The fourth-order valence-corrected chi connectivity index (χ4v) is 2.66. The maximum atomic E-state index is 14.2. The smallest absolute Gasteiger partial charge is 0.134 e. The molecule has 112 valence electrons. The van der Waals surface area contributed by atoms with Crippen LogP contribution in [0.1, 0.15) is 22.7 Å². The largest absolute Gasteiger partial charge is 0.497 e. The zero-order valence-electron chi connectivity index (χ0n) is 12.0. The first-order chi connectivity index (χ1) is 9.96. The second kappa shape index (κ2) is 6.41. The van der Waals surface area contributed by atoms with Crippen LogP contribution in [-0.4, -0.2) is 14.2 Å². The molecule has 0 spiro atoms. The van der Waals surface area contributed by atoms with Crippen molar-refractivity contribution in [1.82, 2.24) is 5.32 Å². The Labute approximate surface area is 127 Å². The molecule has 0 bridgehead atoms. The minimum atomic E-state index is -0.663. The molecule has 0 saturated carbocycles. The van der Waals surface area contributed by atoms with Crippen LogP contribution in [0.2, 0.25) is 5.02 Å². The monoisotopic (exact) mass is 311 g/mol. The fourth-order valence-electron chi connectivity index (χ4n) is 2.36. The molecule has 0 heterocycles. The summed E-state index contributed by atoms with van der Waals surface area (Å²) in [7, 11) is 3.01. The average Bonchev–Trinajstić information content (AvgIpc) is 2.41. The Hall–Kier alpha value is -1.65. The molecular weight excluding hydrogens is 296 g/mol. The van der Waals surface area contributed by atoms with Crippen LogP contribution in [0.15, 0.2) is 30.3 Å². The van der Waals surface area contributed by atoms with Gasteiger partial charge in [-0.25, -0.2) is 8.78 Å². The van der Waals surface area contributed by atoms with Crippen LogP contribution in [0.3, 0.4) is 0 Å². The van der Waals surface area contributed by atoms with Crippen LogP contribution in [-0.2, 0) is 0 Å². The molecule has 1 unspecified atom stereocenters. The molecule has 2 aromatic rings. The Morgan fingerprint density at radius 2 is 1.71 bits per heavy atom. The summed E-state index contributed by atoms with van der Waals surface area (Å²) in [6.45, 7) is 1.88. The predicted octanol–water partition coefficient (Wildman–Crippen LogP) is 4.24. The van der Waals surface area contributed by atoms with E-state index in [9.17, 15) is 8.78 Å². The van der Waals surface area contributed by atoms with E-state index in [1.165, 1.54) is 19.2 Å². The van der Waals surface area contributed by atoms with Gasteiger partial charge in [0.15, 0.2) is 0 Å². The second-order valence-electron chi connectivity index (χ2n) is 4.79. The van der Waals surface area contributed by atoms with Crippen molar-refractivity contribution in [2.24, 2.45) is 0 Å². The van der Waals surface area contributed by atoms with E-state index in [0.29, 0.717) is 10.6 Å². The lowest BCUT2D eigenvalue weighted by Gasteiger charge is -2.20. The molecule has 0 radical (unpaired) electrons. The number of nitrogens with one attached hydrogen (secondary N) is 1. The molecule has 1 atom stereocenters. The van der Waals surface area contributed by atoms with E-state index in [2.05, 4.69) is 5.32 Å². The topological polar surface area (TPSA) is 21.3 Å². The van der Waals surface area contributed by atoms with Gasteiger partial charge in [-0.2, -0.15) is 0 Å². The molecule has 21 heavy (non-hydrogen) atoms. The van der Waals surface area contributed by atoms with Gasteiger partial charge in [0.05, 0.1) is 13.2 Å². The standard InChI is InChI=1S/C16H16ClF2NO/c1-9-4-10(6-11(17)5-9)16(20-2)15-13(18)7-12(21-3)8-14(15)19/h4-8,16,20H,1-3H3. The molecule has 0 aliphatic heterocycles. The molecule has 2 nitrogen and oxygen atoms in total. The Morgan fingerprint density at radius 3 is 2.19 bits per heavy atom. The number of rotatable bonds is 4. The lowest BCUT2D eigenvalue weighted by Crippen LogP contribution is -2.20. The highest BCUT2D eigenvalue weighted by Gasteiger charge is 2.22. The number of halogens is 3. The normalized spacial score (nSPS) is 12.3. The lowest BCUT2D eigenvalue weighted by molar-refractivity contribution is 0.403. The number of aryl methyl sites for hydroxylation is 1. The Balaban J connectivity index is 2.56.